The Bertz CT molecular complexity index is 804. The molecule has 1 heterocycles. The van der Waals surface area contributed by atoms with Crippen LogP contribution in [-0.4, -0.2) is 37.3 Å². The van der Waals surface area contributed by atoms with Gasteiger partial charge in [0.1, 0.15) is 0 Å². The van der Waals surface area contributed by atoms with Gasteiger partial charge in [-0.3, -0.25) is 24.6 Å². The lowest BCUT2D eigenvalue weighted by atomic mass is 9.80. The van der Waals surface area contributed by atoms with Gasteiger partial charge in [-0.2, -0.15) is 0 Å². The fourth-order valence-corrected chi connectivity index (χ4v) is 3.25. The van der Waals surface area contributed by atoms with Crippen molar-refractivity contribution in [3.63, 3.8) is 0 Å². The summed E-state index contributed by atoms with van der Waals surface area (Å²) in [5, 5.41) is 3.84. The lowest BCUT2D eigenvalue weighted by Gasteiger charge is -2.38. The zero-order chi connectivity index (χ0) is 19.4. The van der Waals surface area contributed by atoms with E-state index in [1.807, 2.05) is 12.2 Å². The number of amides is 3. The summed E-state index contributed by atoms with van der Waals surface area (Å²) in [5.74, 6) is -1.91. The number of methoxy groups -OCH3 is 1. The zero-order valence-corrected chi connectivity index (χ0v) is 14.9. The van der Waals surface area contributed by atoms with Gasteiger partial charge in [0.05, 0.1) is 31.1 Å². The number of nitrogens with one attached hydrogen (secondary N) is 2. The van der Waals surface area contributed by atoms with Gasteiger partial charge in [-0.1, -0.05) is 18.2 Å². The van der Waals surface area contributed by atoms with Crippen molar-refractivity contribution in [2.24, 2.45) is 11.8 Å². The number of anilines is 1. The molecule has 1 saturated heterocycles. The molecule has 3 rings (SSSR count). The van der Waals surface area contributed by atoms with E-state index in [4.69, 9.17) is 0 Å². The molecule has 0 aromatic heterocycles. The van der Waals surface area contributed by atoms with Crippen molar-refractivity contribution in [2.45, 2.75) is 19.3 Å². The second-order valence-corrected chi connectivity index (χ2v) is 6.44. The number of benzene rings is 1. The summed E-state index contributed by atoms with van der Waals surface area (Å²) >= 11 is 0. The molecule has 0 spiro atoms. The number of fused-ring (bicyclic) bond motifs is 1. The maximum absolute atomic E-state index is 12.8. The molecule has 142 valence electrons. The van der Waals surface area contributed by atoms with Crippen molar-refractivity contribution >= 4 is 29.4 Å². The van der Waals surface area contributed by atoms with Gasteiger partial charge >= 0.3 is 5.97 Å². The first-order chi connectivity index (χ1) is 13.0. The largest absolute Gasteiger partial charge is 0.469 e. The van der Waals surface area contributed by atoms with E-state index in [-0.39, 0.29) is 42.5 Å². The number of hydrazine groups is 1. The molecule has 1 fully saturated rings. The third-order valence-corrected chi connectivity index (χ3v) is 4.74. The second kappa shape index (κ2) is 8.03. The van der Waals surface area contributed by atoms with Crippen LogP contribution in [0.5, 0.6) is 0 Å². The molecule has 0 bridgehead atoms. The number of carbonyl (C=O) groups excluding carboxylic acids is 4. The maximum atomic E-state index is 12.8. The first-order valence-corrected chi connectivity index (χ1v) is 8.76. The molecule has 1 aromatic carbocycles. The number of esters is 1. The summed E-state index contributed by atoms with van der Waals surface area (Å²) in [7, 11) is 1.28. The molecular formula is C19H21N3O5. The Morgan fingerprint density at radius 1 is 1.22 bits per heavy atom. The van der Waals surface area contributed by atoms with Gasteiger partial charge in [0.2, 0.25) is 11.8 Å². The average molecular weight is 371 g/mol. The molecule has 8 heteroatoms. The Morgan fingerprint density at radius 3 is 2.70 bits per heavy atom. The minimum Gasteiger partial charge on any atom is -0.469 e. The van der Waals surface area contributed by atoms with Gasteiger partial charge in [-0.15, -0.1) is 0 Å². The summed E-state index contributed by atoms with van der Waals surface area (Å²) in [5.41, 5.74) is 3.37. The number of rotatable bonds is 5. The summed E-state index contributed by atoms with van der Waals surface area (Å²) in [6.45, 7) is 0.144. The Labute approximate surface area is 156 Å². The van der Waals surface area contributed by atoms with Crippen molar-refractivity contribution in [1.82, 2.24) is 10.7 Å². The van der Waals surface area contributed by atoms with Crippen LogP contribution in [0.2, 0.25) is 0 Å². The lowest BCUT2D eigenvalue weighted by Crippen LogP contribution is -2.59. The third-order valence-electron chi connectivity index (χ3n) is 4.74. The van der Waals surface area contributed by atoms with Crippen LogP contribution < -0.4 is 15.8 Å². The van der Waals surface area contributed by atoms with Crippen molar-refractivity contribution in [3.8, 4) is 0 Å². The van der Waals surface area contributed by atoms with Crippen molar-refractivity contribution in [1.29, 1.82) is 0 Å². The molecule has 2 atom stereocenters. The second-order valence-electron chi connectivity index (χ2n) is 6.44. The molecule has 1 aromatic rings. The van der Waals surface area contributed by atoms with Gasteiger partial charge in [-0.25, -0.2) is 5.01 Å². The topological polar surface area (TPSA) is 105 Å². The minimum absolute atomic E-state index is 0.0686. The molecule has 2 aliphatic rings. The van der Waals surface area contributed by atoms with E-state index in [0.29, 0.717) is 24.1 Å². The van der Waals surface area contributed by atoms with Crippen LogP contribution in [0.4, 0.5) is 5.69 Å². The molecule has 0 radical (unpaired) electrons. The molecule has 8 nitrogen and oxygen atoms in total. The van der Waals surface area contributed by atoms with Crippen LogP contribution in [0.1, 0.15) is 29.6 Å². The number of ether oxygens (including phenoxy) is 1. The lowest BCUT2D eigenvalue weighted by molar-refractivity contribution is -0.140. The van der Waals surface area contributed by atoms with E-state index in [0.717, 1.165) is 0 Å². The van der Waals surface area contributed by atoms with E-state index >= 15 is 0 Å². The van der Waals surface area contributed by atoms with Gasteiger partial charge in [0.15, 0.2) is 0 Å². The van der Waals surface area contributed by atoms with E-state index < -0.39 is 5.97 Å². The van der Waals surface area contributed by atoms with Gasteiger partial charge in [0, 0.05) is 12.1 Å². The van der Waals surface area contributed by atoms with E-state index in [9.17, 15) is 19.2 Å². The van der Waals surface area contributed by atoms with Gasteiger partial charge in [0.25, 0.3) is 5.91 Å². The summed E-state index contributed by atoms with van der Waals surface area (Å²) in [6, 6.07) is 6.42. The zero-order valence-electron chi connectivity index (χ0n) is 14.9. The number of nitrogens with zero attached hydrogens (tertiary/aromatic N) is 1. The molecule has 2 N–H and O–H groups in total. The van der Waals surface area contributed by atoms with E-state index in [1.165, 1.54) is 18.2 Å². The first-order valence-electron chi connectivity index (χ1n) is 8.76. The molecular weight excluding hydrogens is 350 g/mol. The monoisotopic (exact) mass is 371 g/mol. The number of carbonyl (C=O) groups is 4. The quantitative estimate of drug-likeness (QED) is 0.592. The highest BCUT2D eigenvalue weighted by Crippen LogP contribution is 2.32. The summed E-state index contributed by atoms with van der Waals surface area (Å²) in [4.78, 5) is 48.5. The van der Waals surface area contributed by atoms with Crippen LogP contribution in [0.15, 0.2) is 36.4 Å². The predicted molar refractivity (Wildman–Crippen MR) is 96.4 cm³/mol. The minimum atomic E-state index is -0.415. The normalized spacial score (nSPS) is 21.3. The molecule has 27 heavy (non-hydrogen) atoms. The Balaban J connectivity index is 1.72. The number of hydrogen-bond acceptors (Lipinski definition) is 5. The molecule has 0 saturated carbocycles. The Kier molecular flexibility index (Phi) is 5.54. The fraction of sp³-hybridized carbons (Fsp3) is 0.368. The summed E-state index contributed by atoms with van der Waals surface area (Å²) < 4.78 is 4.52. The third kappa shape index (κ3) is 3.99. The molecule has 1 aliphatic heterocycles. The van der Waals surface area contributed by atoms with Crippen LogP contribution >= 0.6 is 0 Å². The highest BCUT2D eigenvalue weighted by Gasteiger charge is 2.42. The highest BCUT2D eigenvalue weighted by molar-refractivity contribution is 6.05. The standard InChI is InChI=1S/C19H21N3O5/c1-27-16(23)9-10-20-17(24)12-5-4-6-13(11-12)22-19(26)15-8-3-2-7-14(15)18(25)21-22/h2-6,11,14-15H,7-10H2,1H3,(H,20,24)(H,21,25)/t14-,15-/m1/s1. The van der Waals surface area contributed by atoms with Crippen LogP contribution in [0.3, 0.4) is 0 Å². The predicted octanol–water partition coefficient (Wildman–Crippen LogP) is 0.940. The van der Waals surface area contributed by atoms with Gasteiger partial charge in [-0.05, 0) is 31.0 Å². The van der Waals surface area contributed by atoms with Crippen molar-refractivity contribution < 1.29 is 23.9 Å². The first kappa shape index (κ1) is 18.6. The molecule has 0 unspecified atom stereocenters. The van der Waals surface area contributed by atoms with Crippen LogP contribution in [0.25, 0.3) is 0 Å². The summed E-state index contributed by atoms with van der Waals surface area (Å²) in [6.07, 6.45) is 4.99. The highest BCUT2D eigenvalue weighted by atomic mass is 16.5. The maximum Gasteiger partial charge on any atom is 0.307 e. The van der Waals surface area contributed by atoms with Crippen LogP contribution in [0, 0.1) is 11.8 Å². The number of allylic oxidation sites excluding steroid dienone is 2. The molecule has 3 amide bonds. The van der Waals surface area contributed by atoms with Crippen LogP contribution in [-0.2, 0) is 19.1 Å². The van der Waals surface area contributed by atoms with Crippen molar-refractivity contribution in [3.05, 3.63) is 42.0 Å². The van der Waals surface area contributed by atoms with E-state index in [1.54, 1.807) is 18.2 Å². The number of hydrogen-bond donors (Lipinski definition) is 2. The average Bonchev–Trinajstić information content (AvgIpc) is 2.70. The smallest absolute Gasteiger partial charge is 0.307 e. The fourth-order valence-electron chi connectivity index (χ4n) is 3.25. The van der Waals surface area contributed by atoms with Gasteiger partial charge < -0.3 is 10.1 Å². The van der Waals surface area contributed by atoms with Crippen molar-refractivity contribution in [2.75, 3.05) is 18.7 Å². The van der Waals surface area contributed by atoms with E-state index in [2.05, 4.69) is 15.5 Å². The molecule has 1 aliphatic carbocycles. The SMILES string of the molecule is COC(=O)CCNC(=O)c1cccc(N2NC(=O)[C@@H]3CC=CC[C@H]3C2=O)c1. The Hall–Kier alpha value is -3.16. The Morgan fingerprint density at radius 2 is 1.96 bits per heavy atom.